The maximum absolute atomic E-state index is 12.7. The minimum atomic E-state index is -1.17. The molecule has 0 fully saturated rings. The predicted molar refractivity (Wildman–Crippen MR) is 132 cm³/mol. The maximum atomic E-state index is 12.7. The Balaban J connectivity index is 1.35. The third-order valence-electron chi connectivity index (χ3n) is 6.52. The summed E-state index contributed by atoms with van der Waals surface area (Å²) in [6.45, 7) is 3.49. The van der Waals surface area contributed by atoms with Crippen molar-refractivity contribution in [2.45, 2.75) is 31.8 Å². The lowest BCUT2D eigenvalue weighted by Gasteiger charge is -2.23. The Kier molecular flexibility index (Phi) is 7.15. The van der Waals surface area contributed by atoms with E-state index in [1.54, 1.807) is 44.2 Å². The lowest BCUT2D eigenvalue weighted by atomic mass is 9.98. The van der Waals surface area contributed by atoms with Gasteiger partial charge < -0.3 is 20.5 Å². The first kappa shape index (κ1) is 24.0. The van der Waals surface area contributed by atoms with Crippen molar-refractivity contribution in [3.8, 4) is 11.1 Å². The Bertz CT molecular complexity index is 1180. The summed E-state index contributed by atoms with van der Waals surface area (Å²) >= 11 is 0. The lowest BCUT2D eigenvalue weighted by molar-refractivity contribution is -0.142. The molecule has 7 heteroatoms. The molecule has 3 N–H and O–H groups in total. The standard InChI is InChI=1S/C28H28N2O5/c1-17(26(31)30-25(27(32)33)19-10-4-3-5-11-19)18(2)29-28(34)35-16-24-22-14-8-6-12-20(22)21-13-7-9-15-23(21)24/h3-15,17-18,24-25H,16H2,1-2H3,(H,29,34)(H,30,31)(H,32,33)/t17?,18?,25-/m0/s1. The van der Waals surface area contributed by atoms with Gasteiger partial charge >= 0.3 is 12.1 Å². The fourth-order valence-electron chi connectivity index (χ4n) is 4.38. The van der Waals surface area contributed by atoms with Crippen molar-refractivity contribution in [2.24, 2.45) is 5.92 Å². The average Bonchev–Trinajstić information content (AvgIpc) is 3.19. The van der Waals surface area contributed by atoms with E-state index < -0.39 is 36.0 Å². The molecule has 4 rings (SSSR count). The molecule has 0 saturated heterocycles. The quantitative estimate of drug-likeness (QED) is 0.448. The smallest absolute Gasteiger partial charge is 0.407 e. The van der Waals surface area contributed by atoms with E-state index in [-0.39, 0.29) is 12.5 Å². The second kappa shape index (κ2) is 10.4. The zero-order valence-corrected chi connectivity index (χ0v) is 19.6. The Hall–Kier alpha value is -4.13. The van der Waals surface area contributed by atoms with Crippen LogP contribution in [-0.2, 0) is 14.3 Å². The zero-order valence-electron chi connectivity index (χ0n) is 19.6. The highest BCUT2D eigenvalue weighted by Crippen LogP contribution is 2.44. The largest absolute Gasteiger partial charge is 0.479 e. The Labute approximate surface area is 204 Å². The number of rotatable bonds is 8. The van der Waals surface area contributed by atoms with Crippen LogP contribution in [0.3, 0.4) is 0 Å². The van der Waals surface area contributed by atoms with Crippen molar-refractivity contribution in [1.29, 1.82) is 0 Å². The van der Waals surface area contributed by atoms with E-state index in [4.69, 9.17) is 4.74 Å². The molecule has 7 nitrogen and oxygen atoms in total. The molecule has 0 spiro atoms. The molecule has 180 valence electrons. The summed E-state index contributed by atoms with van der Waals surface area (Å²) in [6, 6.07) is 22.9. The first-order valence-corrected chi connectivity index (χ1v) is 11.6. The number of benzene rings is 3. The minimum absolute atomic E-state index is 0.0635. The summed E-state index contributed by atoms with van der Waals surface area (Å²) in [4.78, 5) is 37.0. The van der Waals surface area contributed by atoms with Gasteiger partial charge in [-0.15, -0.1) is 0 Å². The SMILES string of the molecule is CC(NC(=O)OCC1c2ccccc2-c2ccccc21)C(C)C(=O)N[C@H](C(=O)O)c1ccccc1. The number of aliphatic carboxylic acids is 1. The highest BCUT2D eigenvalue weighted by atomic mass is 16.5. The summed E-state index contributed by atoms with van der Waals surface area (Å²) in [7, 11) is 0. The van der Waals surface area contributed by atoms with Gasteiger partial charge in [0.05, 0.1) is 5.92 Å². The van der Waals surface area contributed by atoms with Crippen molar-refractivity contribution < 1.29 is 24.2 Å². The van der Waals surface area contributed by atoms with E-state index in [1.165, 1.54) is 0 Å². The molecule has 0 aliphatic heterocycles. The Morgan fingerprint density at radius 2 is 1.37 bits per heavy atom. The van der Waals surface area contributed by atoms with Crippen molar-refractivity contribution in [3.05, 3.63) is 95.6 Å². The van der Waals surface area contributed by atoms with Crippen LogP contribution in [0.25, 0.3) is 11.1 Å². The number of amides is 2. The fourth-order valence-corrected chi connectivity index (χ4v) is 4.38. The number of carbonyl (C=O) groups excluding carboxylic acids is 2. The molecule has 0 heterocycles. The van der Waals surface area contributed by atoms with Gasteiger partial charge in [-0.1, -0.05) is 85.8 Å². The summed E-state index contributed by atoms with van der Waals surface area (Å²) in [5, 5.41) is 14.8. The van der Waals surface area contributed by atoms with Gasteiger partial charge in [-0.05, 0) is 34.7 Å². The van der Waals surface area contributed by atoms with E-state index in [0.717, 1.165) is 22.3 Å². The number of alkyl carbamates (subject to hydrolysis) is 1. The Morgan fingerprint density at radius 3 is 1.94 bits per heavy atom. The second-order valence-electron chi connectivity index (χ2n) is 8.74. The molecule has 0 aromatic heterocycles. The number of fused-ring (bicyclic) bond motifs is 3. The molecule has 1 aliphatic carbocycles. The molecule has 0 bridgehead atoms. The van der Waals surface area contributed by atoms with Crippen LogP contribution in [0.5, 0.6) is 0 Å². The number of nitrogens with one attached hydrogen (secondary N) is 2. The van der Waals surface area contributed by atoms with Gasteiger partial charge in [-0.3, -0.25) is 4.79 Å². The molecular weight excluding hydrogens is 444 g/mol. The molecule has 0 radical (unpaired) electrons. The van der Waals surface area contributed by atoms with Crippen LogP contribution in [0.15, 0.2) is 78.9 Å². The number of ether oxygens (including phenoxy) is 1. The summed E-state index contributed by atoms with van der Waals surface area (Å²) in [5.41, 5.74) is 4.98. The van der Waals surface area contributed by atoms with Crippen LogP contribution in [0.4, 0.5) is 4.79 Å². The molecule has 3 aromatic carbocycles. The minimum Gasteiger partial charge on any atom is -0.479 e. The molecule has 35 heavy (non-hydrogen) atoms. The predicted octanol–water partition coefficient (Wildman–Crippen LogP) is 4.49. The van der Waals surface area contributed by atoms with Crippen LogP contribution in [0.1, 0.15) is 42.5 Å². The molecule has 0 saturated carbocycles. The number of carbonyl (C=O) groups is 3. The Morgan fingerprint density at radius 1 is 0.829 bits per heavy atom. The van der Waals surface area contributed by atoms with Crippen LogP contribution in [0.2, 0.25) is 0 Å². The fraction of sp³-hybridized carbons (Fsp3) is 0.250. The van der Waals surface area contributed by atoms with Crippen molar-refractivity contribution in [3.63, 3.8) is 0 Å². The summed E-state index contributed by atoms with van der Waals surface area (Å²) in [5.74, 6) is -2.38. The van der Waals surface area contributed by atoms with Crippen molar-refractivity contribution in [1.82, 2.24) is 10.6 Å². The van der Waals surface area contributed by atoms with Crippen LogP contribution >= 0.6 is 0 Å². The third-order valence-corrected chi connectivity index (χ3v) is 6.52. The third kappa shape index (κ3) is 5.19. The highest BCUT2D eigenvalue weighted by Gasteiger charge is 2.30. The van der Waals surface area contributed by atoms with Crippen molar-refractivity contribution in [2.75, 3.05) is 6.61 Å². The van der Waals surface area contributed by atoms with Crippen LogP contribution in [0, 0.1) is 5.92 Å². The average molecular weight is 473 g/mol. The maximum Gasteiger partial charge on any atom is 0.407 e. The van der Waals surface area contributed by atoms with Gasteiger partial charge in [-0.2, -0.15) is 0 Å². The first-order valence-electron chi connectivity index (χ1n) is 11.6. The van der Waals surface area contributed by atoms with Gasteiger partial charge in [0.2, 0.25) is 5.91 Å². The van der Waals surface area contributed by atoms with Crippen LogP contribution < -0.4 is 10.6 Å². The summed E-state index contributed by atoms with van der Waals surface area (Å²) < 4.78 is 5.55. The normalized spacial score (nSPS) is 14.7. The molecule has 3 atom stereocenters. The van der Waals surface area contributed by atoms with Gasteiger partial charge in [0.1, 0.15) is 6.61 Å². The monoisotopic (exact) mass is 472 g/mol. The highest BCUT2D eigenvalue weighted by molar-refractivity contribution is 5.86. The number of hydrogen-bond donors (Lipinski definition) is 3. The molecule has 2 amide bonds. The van der Waals surface area contributed by atoms with E-state index in [0.29, 0.717) is 5.56 Å². The summed E-state index contributed by atoms with van der Waals surface area (Å²) in [6.07, 6.45) is -0.628. The van der Waals surface area contributed by atoms with Gasteiger partial charge in [0.25, 0.3) is 0 Å². The van der Waals surface area contributed by atoms with E-state index in [1.807, 2.05) is 36.4 Å². The zero-order chi connectivity index (χ0) is 24.9. The first-order chi connectivity index (χ1) is 16.9. The van der Waals surface area contributed by atoms with Crippen LogP contribution in [-0.4, -0.2) is 35.7 Å². The number of carboxylic acid groups (broad SMARTS) is 1. The van der Waals surface area contributed by atoms with Crippen molar-refractivity contribution >= 4 is 18.0 Å². The molecule has 3 aromatic rings. The van der Waals surface area contributed by atoms with E-state index >= 15 is 0 Å². The lowest BCUT2D eigenvalue weighted by Crippen LogP contribution is -2.46. The topological polar surface area (TPSA) is 105 Å². The molecule has 2 unspecified atom stereocenters. The second-order valence-corrected chi connectivity index (χ2v) is 8.74. The number of hydrogen-bond acceptors (Lipinski definition) is 4. The number of carboxylic acids is 1. The molecule has 1 aliphatic rings. The van der Waals surface area contributed by atoms with E-state index in [9.17, 15) is 19.5 Å². The van der Waals surface area contributed by atoms with Gasteiger partial charge in [0, 0.05) is 12.0 Å². The van der Waals surface area contributed by atoms with E-state index in [2.05, 4.69) is 22.8 Å². The van der Waals surface area contributed by atoms with Gasteiger partial charge in [-0.25, -0.2) is 9.59 Å². The molecular formula is C28H28N2O5. The van der Waals surface area contributed by atoms with Gasteiger partial charge in [0.15, 0.2) is 6.04 Å².